The zero-order chi connectivity index (χ0) is 19.4. The maximum Gasteiger partial charge on any atom is 0.137 e. The predicted octanol–water partition coefficient (Wildman–Crippen LogP) is 2.48. The Morgan fingerprint density at radius 3 is 2.75 bits per heavy atom. The van der Waals surface area contributed by atoms with Crippen molar-refractivity contribution in [3.63, 3.8) is 0 Å². The van der Waals surface area contributed by atoms with Crippen molar-refractivity contribution in [3.05, 3.63) is 54.4 Å². The van der Waals surface area contributed by atoms with Crippen LogP contribution in [0.15, 0.2) is 48.8 Å². The largest absolute Gasteiger partial charge is 0.491 e. The summed E-state index contributed by atoms with van der Waals surface area (Å²) < 4.78 is 11.5. The molecule has 2 heterocycles. The number of hydrogen-bond donors (Lipinski definition) is 2. The molecule has 28 heavy (non-hydrogen) atoms. The summed E-state index contributed by atoms with van der Waals surface area (Å²) in [5.74, 6) is 1.59. The van der Waals surface area contributed by atoms with Crippen molar-refractivity contribution < 1.29 is 14.6 Å². The second-order valence-corrected chi connectivity index (χ2v) is 7.15. The van der Waals surface area contributed by atoms with Crippen molar-refractivity contribution in [2.45, 2.75) is 31.9 Å². The van der Waals surface area contributed by atoms with Crippen molar-refractivity contribution in [3.8, 4) is 11.5 Å². The molecule has 3 rings (SSSR count). The van der Waals surface area contributed by atoms with Gasteiger partial charge < -0.3 is 24.8 Å². The lowest BCUT2D eigenvalue weighted by Gasteiger charge is -2.28. The predicted molar refractivity (Wildman–Crippen MR) is 110 cm³/mol. The van der Waals surface area contributed by atoms with Crippen LogP contribution in [0, 0.1) is 0 Å². The zero-order valence-corrected chi connectivity index (χ0v) is 16.4. The Bertz CT molecular complexity index is 678. The van der Waals surface area contributed by atoms with Crippen molar-refractivity contribution in [1.29, 1.82) is 0 Å². The Morgan fingerprint density at radius 1 is 1.07 bits per heavy atom. The lowest BCUT2D eigenvalue weighted by molar-refractivity contribution is 0.0614. The fourth-order valence-corrected chi connectivity index (χ4v) is 3.37. The average molecular weight is 386 g/mol. The summed E-state index contributed by atoms with van der Waals surface area (Å²) >= 11 is 0. The molecule has 1 aromatic carbocycles. The number of ether oxygens (including phenoxy) is 2. The molecule has 0 spiro atoms. The van der Waals surface area contributed by atoms with E-state index in [1.807, 2.05) is 36.4 Å². The number of aliphatic hydroxyl groups is 1. The highest BCUT2D eigenvalue weighted by Crippen LogP contribution is 2.18. The van der Waals surface area contributed by atoms with Crippen LogP contribution in [0.3, 0.4) is 0 Å². The zero-order valence-electron chi connectivity index (χ0n) is 16.4. The molecule has 2 aromatic rings. The lowest BCUT2D eigenvalue weighted by Crippen LogP contribution is -2.38. The number of nitrogens with zero attached hydrogens (tertiary/aromatic N) is 2. The van der Waals surface area contributed by atoms with E-state index in [1.54, 1.807) is 12.4 Å². The summed E-state index contributed by atoms with van der Waals surface area (Å²) in [7, 11) is 0. The van der Waals surface area contributed by atoms with Crippen molar-refractivity contribution in [1.82, 2.24) is 15.2 Å². The highest BCUT2D eigenvalue weighted by Gasteiger charge is 2.15. The van der Waals surface area contributed by atoms with Crippen LogP contribution >= 0.6 is 0 Å². The monoisotopic (exact) mass is 385 g/mol. The molecule has 1 aliphatic rings. The molecule has 2 N–H and O–H groups in total. The molecule has 152 valence electrons. The van der Waals surface area contributed by atoms with Gasteiger partial charge in [0.2, 0.25) is 0 Å². The summed E-state index contributed by atoms with van der Waals surface area (Å²) in [5, 5.41) is 13.7. The first-order chi connectivity index (χ1) is 13.8. The van der Waals surface area contributed by atoms with Crippen LogP contribution in [0.1, 0.15) is 24.8 Å². The fourth-order valence-electron chi connectivity index (χ4n) is 3.37. The van der Waals surface area contributed by atoms with Gasteiger partial charge in [0.05, 0.1) is 6.20 Å². The van der Waals surface area contributed by atoms with Gasteiger partial charge in [-0.3, -0.25) is 4.98 Å². The number of β-amino-alcohol motifs (C(OH)–C–C–N with tert-alkyl or cyclic N) is 1. The molecule has 0 saturated carbocycles. The third kappa shape index (κ3) is 7.11. The van der Waals surface area contributed by atoms with Gasteiger partial charge in [0.1, 0.15) is 30.8 Å². The number of para-hydroxylation sites is 1. The van der Waals surface area contributed by atoms with E-state index in [4.69, 9.17) is 9.47 Å². The van der Waals surface area contributed by atoms with E-state index in [-0.39, 0.29) is 0 Å². The Morgan fingerprint density at radius 2 is 1.93 bits per heavy atom. The topological polar surface area (TPSA) is 66.8 Å². The van der Waals surface area contributed by atoms with Crippen LogP contribution in [-0.2, 0) is 6.54 Å². The quantitative estimate of drug-likeness (QED) is 0.580. The first-order valence-electron chi connectivity index (χ1n) is 10.2. The third-order valence-corrected chi connectivity index (χ3v) is 4.82. The Balaban J connectivity index is 1.37. The van der Waals surface area contributed by atoms with Gasteiger partial charge in [0.25, 0.3) is 0 Å². The van der Waals surface area contributed by atoms with Gasteiger partial charge in [-0.2, -0.15) is 0 Å². The molecule has 0 unspecified atom stereocenters. The van der Waals surface area contributed by atoms with Gasteiger partial charge >= 0.3 is 0 Å². The maximum atomic E-state index is 10.3. The number of hydrogen-bond acceptors (Lipinski definition) is 6. The maximum absolute atomic E-state index is 10.3. The molecular weight excluding hydrogens is 354 g/mol. The minimum absolute atomic E-state index is 0.317. The van der Waals surface area contributed by atoms with Gasteiger partial charge in [-0.05, 0) is 44.1 Å². The molecule has 6 heteroatoms. The molecule has 0 bridgehead atoms. The molecule has 1 aromatic heterocycles. The highest BCUT2D eigenvalue weighted by atomic mass is 16.5. The molecule has 1 fully saturated rings. The van der Waals surface area contributed by atoms with Crippen LogP contribution in [-0.4, -0.2) is 60.5 Å². The van der Waals surface area contributed by atoms with E-state index in [2.05, 4.69) is 15.2 Å². The summed E-state index contributed by atoms with van der Waals surface area (Å²) in [6, 6.07) is 11.7. The van der Waals surface area contributed by atoms with Crippen LogP contribution in [0.25, 0.3) is 0 Å². The molecular formula is C22H31N3O3. The van der Waals surface area contributed by atoms with Crippen LogP contribution in [0.4, 0.5) is 0 Å². The lowest BCUT2D eigenvalue weighted by atomic mass is 10.1. The van der Waals surface area contributed by atoms with Crippen LogP contribution < -0.4 is 14.8 Å². The van der Waals surface area contributed by atoms with E-state index < -0.39 is 6.10 Å². The summed E-state index contributed by atoms with van der Waals surface area (Å²) in [6.45, 7) is 5.15. The van der Waals surface area contributed by atoms with E-state index in [0.29, 0.717) is 26.3 Å². The van der Waals surface area contributed by atoms with Crippen molar-refractivity contribution >= 4 is 0 Å². The van der Waals surface area contributed by atoms with Gasteiger partial charge in [-0.25, -0.2) is 0 Å². The summed E-state index contributed by atoms with van der Waals surface area (Å²) in [5.41, 5.74) is 1.08. The molecule has 1 atom stereocenters. The SMILES string of the molecule is O[C@@H](COc1ccccc1CNCCOc1cccnc1)CN1CCCCC1. The molecule has 6 nitrogen and oxygen atoms in total. The van der Waals surface area contributed by atoms with Crippen molar-refractivity contribution in [2.75, 3.05) is 39.4 Å². The summed E-state index contributed by atoms with van der Waals surface area (Å²) in [6.07, 6.45) is 6.73. The molecule has 0 aliphatic carbocycles. The number of piperidine rings is 1. The number of rotatable bonds is 11. The second-order valence-electron chi connectivity index (χ2n) is 7.15. The minimum atomic E-state index is -0.466. The Kier molecular flexibility index (Phi) is 8.55. The summed E-state index contributed by atoms with van der Waals surface area (Å²) in [4.78, 5) is 6.36. The number of nitrogens with one attached hydrogen (secondary N) is 1. The van der Waals surface area contributed by atoms with E-state index in [9.17, 15) is 5.11 Å². The van der Waals surface area contributed by atoms with E-state index in [1.165, 1.54) is 19.3 Å². The van der Waals surface area contributed by atoms with Crippen LogP contribution in [0.5, 0.6) is 11.5 Å². The number of aromatic nitrogens is 1. The van der Waals surface area contributed by atoms with E-state index in [0.717, 1.165) is 36.7 Å². The molecule has 0 amide bonds. The minimum Gasteiger partial charge on any atom is -0.491 e. The van der Waals surface area contributed by atoms with Crippen molar-refractivity contribution in [2.24, 2.45) is 0 Å². The smallest absolute Gasteiger partial charge is 0.137 e. The normalized spacial score (nSPS) is 15.9. The van der Waals surface area contributed by atoms with Crippen LogP contribution in [0.2, 0.25) is 0 Å². The third-order valence-electron chi connectivity index (χ3n) is 4.82. The number of pyridine rings is 1. The number of aliphatic hydroxyl groups excluding tert-OH is 1. The van der Waals surface area contributed by atoms with Gasteiger partial charge in [-0.1, -0.05) is 24.6 Å². The Labute approximate surface area is 167 Å². The fraction of sp³-hybridized carbons (Fsp3) is 0.500. The molecule has 1 saturated heterocycles. The molecule has 0 radical (unpaired) electrons. The standard InChI is InChI=1S/C22H31N3O3/c26-20(17-25-12-4-1-5-13-25)18-28-22-9-3-2-7-19(22)15-24-11-14-27-21-8-6-10-23-16-21/h2-3,6-10,16,20,24,26H,1,4-5,11-15,17-18H2/t20-/m1/s1. The van der Waals surface area contributed by atoms with Gasteiger partial charge in [0, 0.05) is 31.4 Å². The van der Waals surface area contributed by atoms with Gasteiger partial charge in [-0.15, -0.1) is 0 Å². The average Bonchev–Trinajstić information content (AvgIpc) is 2.74. The van der Waals surface area contributed by atoms with Gasteiger partial charge in [0.15, 0.2) is 0 Å². The molecule has 1 aliphatic heterocycles. The second kappa shape index (κ2) is 11.6. The number of benzene rings is 1. The first-order valence-corrected chi connectivity index (χ1v) is 10.2. The first kappa shape index (κ1) is 20.6. The number of likely N-dealkylation sites (tertiary alicyclic amines) is 1. The van der Waals surface area contributed by atoms with E-state index >= 15 is 0 Å². The highest BCUT2D eigenvalue weighted by molar-refractivity contribution is 5.33. The Hall–Kier alpha value is -2.15.